The second kappa shape index (κ2) is 8.81. The Labute approximate surface area is 144 Å². The number of benzene rings is 1. The highest BCUT2D eigenvalue weighted by Crippen LogP contribution is 2.28. The number of nitrogens with zero attached hydrogens (tertiary/aromatic N) is 2. The van der Waals surface area contributed by atoms with Crippen LogP contribution in [0.4, 0.5) is 0 Å². The molecule has 134 valence electrons. The van der Waals surface area contributed by atoms with Gasteiger partial charge in [0.1, 0.15) is 12.4 Å². The van der Waals surface area contributed by atoms with Gasteiger partial charge in [-0.1, -0.05) is 18.2 Å². The molecule has 1 aromatic rings. The quantitative estimate of drug-likeness (QED) is 0.748. The Morgan fingerprint density at radius 3 is 2.50 bits per heavy atom. The molecule has 0 amide bonds. The maximum Gasteiger partial charge on any atom is 0.123 e. The fourth-order valence-corrected chi connectivity index (χ4v) is 4.05. The van der Waals surface area contributed by atoms with E-state index in [4.69, 9.17) is 9.84 Å². The first-order valence-electron chi connectivity index (χ1n) is 9.17. The predicted molar refractivity (Wildman–Crippen MR) is 94.0 cm³/mol. The first kappa shape index (κ1) is 17.7. The highest BCUT2D eigenvalue weighted by Gasteiger charge is 2.34. The third kappa shape index (κ3) is 4.48. The van der Waals surface area contributed by atoms with Gasteiger partial charge in [0.15, 0.2) is 0 Å². The van der Waals surface area contributed by atoms with Gasteiger partial charge in [0, 0.05) is 38.3 Å². The molecule has 2 fully saturated rings. The van der Waals surface area contributed by atoms with Crippen molar-refractivity contribution >= 4 is 0 Å². The van der Waals surface area contributed by atoms with E-state index in [9.17, 15) is 5.11 Å². The zero-order valence-electron chi connectivity index (χ0n) is 14.4. The lowest BCUT2D eigenvalue weighted by Crippen LogP contribution is -2.31. The maximum absolute atomic E-state index is 9.77. The largest absolute Gasteiger partial charge is 0.491 e. The van der Waals surface area contributed by atoms with Crippen LogP contribution in [0.3, 0.4) is 0 Å². The molecule has 0 spiro atoms. The summed E-state index contributed by atoms with van der Waals surface area (Å²) >= 11 is 0. The third-order valence-electron chi connectivity index (χ3n) is 5.29. The molecule has 1 aromatic carbocycles. The van der Waals surface area contributed by atoms with Crippen LogP contribution in [0.2, 0.25) is 0 Å². The van der Waals surface area contributed by atoms with Crippen molar-refractivity contribution in [3.8, 4) is 5.75 Å². The van der Waals surface area contributed by atoms with Gasteiger partial charge in [0.25, 0.3) is 0 Å². The molecule has 3 rings (SSSR count). The van der Waals surface area contributed by atoms with Crippen LogP contribution in [0.1, 0.15) is 18.4 Å². The topological polar surface area (TPSA) is 56.2 Å². The molecule has 2 atom stereocenters. The van der Waals surface area contributed by atoms with Crippen molar-refractivity contribution in [3.05, 3.63) is 29.8 Å². The van der Waals surface area contributed by atoms with Gasteiger partial charge in [-0.25, -0.2) is 0 Å². The summed E-state index contributed by atoms with van der Waals surface area (Å²) in [5.41, 5.74) is 1.16. The first-order valence-corrected chi connectivity index (χ1v) is 9.17. The summed E-state index contributed by atoms with van der Waals surface area (Å²) in [6, 6.07) is 8.05. The van der Waals surface area contributed by atoms with E-state index in [1.807, 2.05) is 18.2 Å². The average Bonchev–Trinajstić information content (AvgIpc) is 3.24. The molecule has 2 saturated heterocycles. The minimum absolute atomic E-state index is 0.0303. The first-order chi connectivity index (χ1) is 11.8. The number of aliphatic hydroxyl groups is 2. The van der Waals surface area contributed by atoms with E-state index in [1.165, 1.54) is 25.9 Å². The number of hydrogen-bond acceptors (Lipinski definition) is 5. The monoisotopic (exact) mass is 334 g/mol. The van der Waals surface area contributed by atoms with Gasteiger partial charge in [0.05, 0.1) is 6.61 Å². The van der Waals surface area contributed by atoms with E-state index in [0.717, 1.165) is 37.5 Å². The summed E-state index contributed by atoms with van der Waals surface area (Å²) in [5.74, 6) is 1.78. The van der Waals surface area contributed by atoms with Crippen LogP contribution in [-0.2, 0) is 6.54 Å². The molecule has 2 aliphatic rings. The SMILES string of the molecule is OCCOc1ccccc1CN1C[C@@H](CO)[C@@H](CN2CCCC2)C1. The van der Waals surface area contributed by atoms with Crippen LogP contribution in [0.25, 0.3) is 0 Å². The van der Waals surface area contributed by atoms with E-state index in [-0.39, 0.29) is 13.2 Å². The molecule has 0 bridgehead atoms. The van der Waals surface area contributed by atoms with Gasteiger partial charge in [-0.2, -0.15) is 0 Å². The Kier molecular flexibility index (Phi) is 6.49. The van der Waals surface area contributed by atoms with Gasteiger partial charge < -0.3 is 19.8 Å². The van der Waals surface area contributed by atoms with Crippen molar-refractivity contribution in [1.82, 2.24) is 9.80 Å². The molecular weight excluding hydrogens is 304 g/mol. The van der Waals surface area contributed by atoms with Crippen molar-refractivity contribution in [3.63, 3.8) is 0 Å². The zero-order chi connectivity index (χ0) is 16.8. The smallest absolute Gasteiger partial charge is 0.123 e. The highest BCUT2D eigenvalue weighted by atomic mass is 16.5. The van der Waals surface area contributed by atoms with Gasteiger partial charge >= 0.3 is 0 Å². The Bertz CT molecular complexity index is 505. The number of likely N-dealkylation sites (tertiary alicyclic amines) is 2. The van der Waals surface area contributed by atoms with Crippen LogP contribution < -0.4 is 4.74 Å². The molecule has 24 heavy (non-hydrogen) atoms. The summed E-state index contributed by atoms with van der Waals surface area (Å²) in [7, 11) is 0. The van der Waals surface area contributed by atoms with E-state index < -0.39 is 0 Å². The summed E-state index contributed by atoms with van der Waals surface area (Å²) < 4.78 is 5.65. The molecule has 5 heteroatoms. The molecule has 0 aliphatic carbocycles. The summed E-state index contributed by atoms with van der Waals surface area (Å²) in [4.78, 5) is 4.98. The molecule has 0 radical (unpaired) electrons. The number of para-hydroxylation sites is 1. The maximum atomic E-state index is 9.77. The molecule has 0 saturated carbocycles. The van der Waals surface area contributed by atoms with Crippen LogP contribution in [0.15, 0.2) is 24.3 Å². The summed E-state index contributed by atoms with van der Waals surface area (Å²) in [6.07, 6.45) is 2.63. The Hall–Kier alpha value is -1.14. The molecule has 0 aromatic heterocycles. The Balaban J connectivity index is 1.59. The lowest BCUT2D eigenvalue weighted by Gasteiger charge is -2.23. The minimum atomic E-state index is 0.0303. The minimum Gasteiger partial charge on any atom is -0.491 e. The fraction of sp³-hybridized carbons (Fsp3) is 0.684. The highest BCUT2D eigenvalue weighted by molar-refractivity contribution is 5.33. The van der Waals surface area contributed by atoms with Crippen LogP contribution in [0.5, 0.6) is 5.75 Å². The van der Waals surface area contributed by atoms with Gasteiger partial charge in [-0.05, 0) is 43.8 Å². The van der Waals surface area contributed by atoms with Crippen LogP contribution >= 0.6 is 0 Å². The van der Waals surface area contributed by atoms with Crippen LogP contribution in [-0.4, -0.2) is 72.6 Å². The van der Waals surface area contributed by atoms with E-state index in [2.05, 4.69) is 15.9 Å². The average molecular weight is 334 g/mol. The molecular formula is C19H30N2O3. The van der Waals surface area contributed by atoms with E-state index >= 15 is 0 Å². The second-order valence-electron chi connectivity index (χ2n) is 7.08. The van der Waals surface area contributed by atoms with Crippen molar-refractivity contribution < 1.29 is 14.9 Å². The third-order valence-corrected chi connectivity index (χ3v) is 5.29. The van der Waals surface area contributed by atoms with E-state index in [0.29, 0.717) is 18.4 Å². The molecule has 5 nitrogen and oxygen atoms in total. The van der Waals surface area contributed by atoms with E-state index in [1.54, 1.807) is 0 Å². The van der Waals surface area contributed by atoms with Crippen molar-refractivity contribution in [1.29, 1.82) is 0 Å². The summed E-state index contributed by atoms with van der Waals surface area (Å²) in [5, 5.41) is 18.7. The predicted octanol–water partition coefficient (Wildman–Crippen LogP) is 1.19. The normalized spacial score (nSPS) is 25.4. The fourth-order valence-electron chi connectivity index (χ4n) is 4.05. The standard InChI is InChI=1S/C19H30N2O3/c22-9-10-24-19-6-2-1-5-16(19)11-21-13-17(18(14-21)15-23)12-20-7-3-4-8-20/h1-2,5-6,17-18,22-23H,3-4,7-15H2/t17-,18-/m0/s1. The molecule has 2 heterocycles. The van der Waals surface area contributed by atoms with Crippen molar-refractivity contribution in [2.75, 3.05) is 52.5 Å². The van der Waals surface area contributed by atoms with Gasteiger partial charge in [0.2, 0.25) is 0 Å². The lowest BCUT2D eigenvalue weighted by atomic mass is 9.96. The molecule has 2 aliphatic heterocycles. The number of rotatable bonds is 8. The zero-order valence-corrected chi connectivity index (χ0v) is 14.4. The van der Waals surface area contributed by atoms with Crippen molar-refractivity contribution in [2.45, 2.75) is 19.4 Å². The Morgan fingerprint density at radius 1 is 1.00 bits per heavy atom. The summed E-state index contributed by atoms with van der Waals surface area (Å²) in [6.45, 7) is 7.01. The number of ether oxygens (including phenoxy) is 1. The number of hydrogen-bond donors (Lipinski definition) is 2. The van der Waals surface area contributed by atoms with Gasteiger partial charge in [-0.3, -0.25) is 4.90 Å². The van der Waals surface area contributed by atoms with Crippen LogP contribution in [0, 0.1) is 11.8 Å². The Morgan fingerprint density at radius 2 is 1.75 bits per heavy atom. The molecule has 0 unspecified atom stereocenters. The lowest BCUT2D eigenvalue weighted by molar-refractivity contribution is 0.175. The molecule has 2 N–H and O–H groups in total. The van der Waals surface area contributed by atoms with Crippen molar-refractivity contribution in [2.24, 2.45) is 11.8 Å². The number of aliphatic hydroxyl groups excluding tert-OH is 2. The second-order valence-corrected chi connectivity index (χ2v) is 7.08. The van der Waals surface area contributed by atoms with Gasteiger partial charge in [-0.15, -0.1) is 0 Å².